The first-order valence-corrected chi connectivity index (χ1v) is 11.3. The lowest BCUT2D eigenvalue weighted by molar-refractivity contribution is -0.120. The third-order valence-electron chi connectivity index (χ3n) is 6.26. The zero-order valence-electron chi connectivity index (χ0n) is 19.1. The van der Waals surface area contributed by atoms with Crippen molar-refractivity contribution in [3.05, 3.63) is 94.7 Å². The molecule has 2 aliphatic rings. The van der Waals surface area contributed by atoms with E-state index in [0.717, 1.165) is 29.0 Å². The van der Waals surface area contributed by atoms with Gasteiger partial charge in [-0.05, 0) is 68.1 Å². The van der Waals surface area contributed by atoms with Gasteiger partial charge in [-0.25, -0.2) is 4.90 Å². The molecule has 5 rings (SSSR count). The molecule has 3 aromatic rings. The predicted octanol–water partition coefficient (Wildman–Crippen LogP) is 5.05. The molecule has 0 saturated carbocycles. The quantitative estimate of drug-likeness (QED) is 0.523. The Morgan fingerprint density at radius 2 is 1.64 bits per heavy atom. The Morgan fingerprint density at radius 1 is 0.879 bits per heavy atom. The summed E-state index contributed by atoms with van der Waals surface area (Å²) in [5.41, 5.74) is 6.36. The topological polar surface area (TPSA) is 49.9 Å². The van der Waals surface area contributed by atoms with E-state index >= 15 is 0 Å². The average Bonchev–Trinajstić information content (AvgIpc) is 3.33. The van der Waals surface area contributed by atoms with Crippen LogP contribution in [0.1, 0.15) is 29.2 Å². The van der Waals surface area contributed by atoms with E-state index in [1.165, 1.54) is 10.5 Å². The van der Waals surface area contributed by atoms with Crippen molar-refractivity contribution >= 4 is 28.8 Å². The van der Waals surface area contributed by atoms with E-state index < -0.39 is 0 Å². The Balaban J connectivity index is 1.66. The minimum Gasteiger partial charge on any atom is -0.494 e. The molecule has 0 spiro atoms. The first kappa shape index (κ1) is 21.0. The van der Waals surface area contributed by atoms with Crippen molar-refractivity contribution in [2.24, 2.45) is 0 Å². The van der Waals surface area contributed by atoms with Crippen LogP contribution in [0.4, 0.5) is 11.4 Å². The summed E-state index contributed by atoms with van der Waals surface area (Å²) in [6, 6.07) is 21.3. The molecule has 0 fully saturated rings. The van der Waals surface area contributed by atoms with Crippen molar-refractivity contribution in [2.45, 2.75) is 27.2 Å². The lowest BCUT2D eigenvalue weighted by Crippen LogP contribution is -2.35. The van der Waals surface area contributed by atoms with Crippen LogP contribution in [-0.2, 0) is 16.0 Å². The van der Waals surface area contributed by atoms with Gasteiger partial charge in [-0.15, -0.1) is 0 Å². The van der Waals surface area contributed by atoms with Gasteiger partial charge in [0.15, 0.2) is 0 Å². The molecule has 0 aliphatic carbocycles. The van der Waals surface area contributed by atoms with Gasteiger partial charge in [0, 0.05) is 12.2 Å². The minimum atomic E-state index is -0.296. The number of amides is 2. The molecule has 5 nitrogen and oxygen atoms in total. The Kier molecular flexibility index (Phi) is 5.25. The van der Waals surface area contributed by atoms with E-state index in [1.807, 2.05) is 86.3 Å². The minimum absolute atomic E-state index is 0.285. The Labute approximate surface area is 193 Å². The normalized spacial score (nSPS) is 15.5. The molecule has 33 heavy (non-hydrogen) atoms. The number of aryl methyl sites for hydroxylation is 2. The second-order valence-electron chi connectivity index (χ2n) is 8.45. The van der Waals surface area contributed by atoms with Crippen molar-refractivity contribution in [3.8, 4) is 5.75 Å². The van der Waals surface area contributed by atoms with E-state index in [2.05, 4.69) is 6.07 Å². The van der Waals surface area contributed by atoms with Gasteiger partial charge in [0.2, 0.25) is 0 Å². The van der Waals surface area contributed by atoms with E-state index in [0.29, 0.717) is 35.7 Å². The Bertz CT molecular complexity index is 1290. The number of benzene rings is 3. The van der Waals surface area contributed by atoms with E-state index in [1.54, 1.807) is 0 Å². The van der Waals surface area contributed by atoms with Gasteiger partial charge in [0.25, 0.3) is 11.8 Å². The first-order valence-electron chi connectivity index (χ1n) is 11.3. The molecule has 2 aliphatic heterocycles. The summed E-state index contributed by atoms with van der Waals surface area (Å²) in [5, 5.41) is 0. The van der Waals surface area contributed by atoms with Crippen molar-refractivity contribution in [2.75, 3.05) is 23.0 Å². The summed E-state index contributed by atoms with van der Waals surface area (Å²) in [6.07, 6.45) is 0.835. The van der Waals surface area contributed by atoms with Crippen LogP contribution in [-0.4, -0.2) is 25.0 Å². The maximum Gasteiger partial charge on any atom is 0.282 e. The fraction of sp³-hybridized carbons (Fsp3) is 0.214. The molecule has 2 heterocycles. The number of fused-ring (bicyclic) bond motifs is 1. The van der Waals surface area contributed by atoms with Gasteiger partial charge < -0.3 is 9.64 Å². The number of imide groups is 1. The average molecular weight is 439 g/mol. The summed E-state index contributed by atoms with van der Waals surface area (Å²) >= 11 is 0. The molecule has 3 aromatic carbocycles. The van der Waals surface area contributed by atoms with Crippen molar-refractivity contribution in [1.29, 1.82) is 0 Å². The number of anilines is 2. The number of rotatable bonds is 5. The van der Waals surface area contributed by atoms with E-state index in [-0.39, 0.29) is 11.8 Å². The highest BCUT2D eigenvalue weighted by Crippen LogP contribution is 2.41. The number of carbonyl (C=O) groups excluding carboxylic acids is 2. The highest BCUT2D eigenvalue weighted by Gasteiger charge is 2.44. The zero-order valence-corrected chi connectivity index (χ0v) is 19.1. The monoisotopic (exact) mass is 438 g/mol. The van der Waals surface area contributed by atoms with E-state index in [9.17, 15) is 9.59 Å². The predicted molar refractivity (Wildman–Crippen MR) is 130 cm³/mol. The standard InChI is InChI=1S/C28H26N2O3/c1-4-33-22-12-10-21(11-13-22)25-26(29-16-15-20-7-5-6-8-24(20)29)28(32)30(27(25)31)23-14-9-18(2)17-19(23)3/h5-14,17H,4,15-16H2,1-3H3. The Morgan fingerprint density at radius 3 is 2.36 bits per heavy atom. The van der Waals surface area contributed by atoms with E-state index in [4.69, 9.17) is 4.74 Å². The summed E-state index contributed by atoms with van der Waals surface area (Å²) in [7, 11) is 0. The lowest BCUT2D eigenvalue weighted by Gasteiger charge is -2.22. The zero-order chi connectivity index (χ0) is 23.1. The number of ether oxygens (including phenoxy) is 1. The molecule has 0 N–H and O–H groups in total. The van der Waals surface area contributed by atoms with Gasteiger partial charge in [-0.2, -0.15) is 0 Å². The highest BCUT2D eigenvalue weighted by atomic mass is 16.5. The van der Waals surface area contributed by atoms with Crippen LogP contribution in [0.2, 0.25) is 0 Å². The fourth-order valence-corrected chi connectivity index (χ4v) is 4.76. The number of hydrogen-bond donors (Lipinski definition) is 0. The van der Waals surface area contributed by atoms with Crippen LogP contribution in [0.25, 0.3) is 5.57 Å². The summed E-state index contributed by atoms with van der Waals surface area (Å²) in [6.45, 7) is 7.09. The molecule has 5 heteroatoms. The lowest BCUT2D eigenvalue weighted by atomic mass is 10.0. The summed E-state index contributed by atoms with van der Waals surface area (Å²) in [5.74, 6) is 0.154. The van der Waals surface area contributed by atoms with Crippen molar-refractivity contribution < 1.29 is 14.3 Å². The van der Waals surface area contributed by atoms with Crippen LogP contribution in [0, 0.1) is 13.8 Å². The molecule has 0 saturated heterocycles. The van der Waals surface area contributed by atoms with Gasteiger partial charge in [0.1, 0.15) is 11.4 Å². The van der Waals surface area contributed by atoms with Crippen LogP contribution < -0.4 is 14.5 Å². The number of hydrogen-bond acceptors (Lipinski definition) is 4. The number of nitrogens with zero attached hydrogens (tertiary/aromatic N) is 2. The number of para-hydroxylation sites is 1. The van der Waals surface area contributed by atoms with Crippen LogP contribution in [0.3, 0.4) is 0 Å². The fourth-order valence-electron chi connectivity index (χ4n) is 4.76. The largest absolute Gasteiger partial charge is 0.494 e. The van der Waals surface area contributed by atoms with Crippen molar-refractivity contribution in [1.82, 2.24) is 0 Å². The van der Waals surface area contributed by atoms with Gasteiger partial charge >= 0.3 is 0 Å². The molecule has 0 radical (unpaired) electrons. The molecule has 2 amide bonds. The van der Waals surface area contributed by atoms with Crippen LogP contribution in [0.5, 0.6) is 5.75 Å². The second kappa shape index (κ2) is 8.24. The molecule has 0 atom stereocenters. The van der Waals surface area contributed by atoms with Crippen LogP contribution in [0.15, 0.2) is 72.4 Å². The molecule has 0 bridgehead atoms. The molecule has 0 unspecified atom stereocenters. The Hall–Kier alpha value is -3.86. The smallest absolute Gasteiger partial charge is 0.282 e. The van der Waals surface area contributed by atoms with Gasteiger partial charge in [-0.1, -0.05) is 48.0 Å². The summed E-state index contributed by atoms with van der Waals surface area (Å²) in [4.78, 5) is 31.1. The molecular formula is C28H26N2O3. The maximum absolute atomic E-state index is 13.9. The third-order valence-corrected chi connectivity index (χ3v) is 6.26. The highest BCUT2D eigenvalue weighted by molar-refractivity contribution is 6.46. The third kappa shape index (κ3) is 3.50. The first-order chi connectivity index (χ1) is 16.0. The van der Waals surface area contributed by atoms with Gasteiger partial charge in [-0.3, -0.25) is 9.59 Å². The number of carbonyl (C=O) groups is 2. The summed E-state index contributed by atoms with van der Waals surface area (Å²) < 4.78 is 5.57. The molecule has 0 aromatic heterocycles. The molecule has 166 valence electrons. The van der Waals surface area contributed by atoms with Crippen LogP contribution >= 0.6 is 0 Å². The van der Waals surface area contributed by atoms with Crippen molar-refractivity contribution in [3.63, 3.8) is 0 Å². The maximum atomic E-state index is 13.9. The second-order valence-corrected chi connectivity index (χ2v) is 8.45. The molecular weight excluding hydrogens is 412 g/mol. The SMILES string of the molecule is CCOc1ccc(C2=C(N3CCc4ccccc43)C(=O)N(c3ccc(C)cc3C)C2=O)cc1. The van der Waals surface area contributed by atoms with Gasteiger partial charge in [0.05, 0.1) is 17.9 Å².